The number of carbonyl (C=O) groups is 2. The number of halogens is 1. The van der Waals surface area contributed by atoms with Crippen LogP contribution in [-0.2, 0) is 0 Å². The fourth-order valence-electron chi connectivity index (χ4n) is 2.29. The summed E-state index contributed by atoms with van der Waals surface area (Å²) in [5.41, 5.74) is 1.38. The molecule has 5 nitrogen and oxygen atoms in total. The predicted octanol–water partition coefficient (Wildman–Crippen LogP) is 5.02. The number of benzene rings is 2. The molecule has 2 amide bonds. The molecule has 27 heavy (non-hydrogen) atoms. The Bertz CT molecular complexity index is 811. The molecule has 0 fully saturated rings. The van der Waals surface area contributed by atoms with E-state index < -0.39 is 0 Å². The highest BCUT2D eigenvalue weighted by Crippen LogP contribution is 2.26. The van der Waals surface area contributed by atoms with E-state index in [2.05, 4.69) is 26.6 Å². The van der Waals surface area contributed by atoms with E-state index in [0.29, 0.717) is 29.2 Å². The van der Waals surface area contributed by atoms with Crippen LogP contribution in [0.15, 0.2) is 46.9 Å². The van der Waals surface area contributed by atoms with Gasteiger partial charge in [-0.05, 0) is 85.6 Å². The Hall–Kier alpha value is -2.34. The first-order valence-electron chi connectivity index (χ1n) is 8.86. The lowest BCUT2D eigenvalue weighted by molar-refractivity contribution is 0.0919. The minimum atomic E-state index is -0.301. The van der Waals surface area contributed by atoms with Crippen molar-refractivity contribution in [3.05, 3.63) is 58.1 Å². The third-order valence-corrected chi connectivity index (χ3v) is 4.17. The van der Waals surface area contributed by atoms with Gasteiger partial charge in [-0.3, -0.25) is 9.59 Å². The average molecular weight is 433 g/mol. The lowest BCUT2D eigenvalue weighted by Gasteiger charge is -2.20. The Kier molecular flexibility index (Phi) is 7.02. The van der Waals surface area contributed by atoms with E-state index in [1.807, 2.05) is 27.7 Å². The second-order valence-corrected chi connectivity index (χ2v) is 8.08. The molecule has 2 aromatic rings. The standard InChI is InChI=1S/C21H25BrN2O3/c1-5-12-27-18-11-8-15(13-17(18)22)19(25)23-16-9-6-14(7-10-16)20(26)24-21(2,3)4/h6-11,13H,5,12H2,1-4H3,(H,23,25)(H,24,26). The third kappa shape index (κ3) is 6.40. The molecule has 0 aliphatic carbocycles. The van der Waals surface area contributed by atoms with Crippen LogP contribution in [0.25, 0.3) is 0 Å². The van der Waals surface area contributed by atoms with Crippen LogP contribution in [0.5, 0.6) is 5.75 Å². The Morgan fingerprint density at radius 1 is 1.00 bits per heavy atom. The van der Waals surface area contributed by atoms with Crippen molar-refractivity contribution in [1.29, 1.82) is 0 Å². The van der Waals surface area contributed by atoms with Crippen LogP contribution in [0.3, 0.4) is 0 Å². The zero-order chi connectivity index (χ0) is 20.0. The van der Waals surface area contributed by atoms with Crippen LogP contribution in [0, 0.1) is 0 Å². The van der Waals surface area contributed by atoms with Gasteiger partial charge in [0.1, 0.15) is 5.75 Å². The summed E-state index contributed by atoms with van der Waals surface area (Å²) in [6.07, 6.45) is 0.915. The van der Waals surface area contributed by atoms with Crippen molar-refractivity contribution < 1.29 is 14.3 Å². The quantitative estimate of drug-likeness (QED) is 0.673. The number of rotatable bonds is 6. The smallest absolute Gasteiger partial charge is 0.255 e. The highest BCUT2D eigenvalue weighted by Gasteiger charge is 2.15. The van der Waals surface area contributed by atoms with Crippen molar-refractivity contribution in [2.24, 2.45) is 0 Å². The van der Waals surface area contributed by atoms with Crippen molar-refractivity contribution in [3.8, 4) is 5.75 Å². The summed E-state index contributed by atoms with van der Waals surface area (Å²) in [6, 6.07) is 12.0. The number of hydrogen-bond donors (Lipinski definition) is 2. The van der Waals surface area contributed by atoms with Crippen molar-refractivity contribution in [2.45, 2.75) is 39.7 Å². The summed E-state index contributed by atoms with van der Waals surface area (Å²) in [5, 5.41) is 5.73. The molecular weight excluding hydrogens is 408 g/mol. The van der Waals surface area contributed by atoms with Crippen LogP contribution < -0.4 is 15.4 Å². The molecule has 144 valence electrons. The van der Waals surface area contributed by atoms with Gasteiger partial charge in [0.2, 0.25) is 0 Å². The molecule has 0 aliphatic heterocycles. The molecule has 0 bridgehead atoms. The van der Waals surface area contributed by atoms with Crippen LogP contribution in [-0.4, -0.2) is 24.0 Å². The maximum absolute atomic E-state index is 12.4. The summed E-state index contributed by atoms with van der Waals surface area (Å²) >= 11 is 3.43. The van der Waals surface area contributed by atoms with Crippen molar-refractivity contribution in [1.82, 2.24) is 5.32 Å². The molecule has 2 N–H and O–H groups in total. The zero-order valence-electron chi connectivity index (χ0n) is 16.1. The van der Waals surface area contributed by atoms with Gasteiger partial charge >= 0.3 is 0 Å². The molecule has 0 spiro atoms. The molecule has 0 atom stereocenters. The maximum atomic E-state index is 12.4. The summed E-state index contributed by atoms with van der Waals surface area (Å²) in [5.74, 6) is 0.333. The second-order valence-electron chi connectivity index (χ2n) is 7.23. The van der Waals surface area contributed by atoms with Gasteiger partial charge < -0.3 is 15.4 Å². The van der Waals surface area contributed by atoms with E-state index in [9.17, 15) is 9.59 Å². The fraction of sp³-hybridized carbons (Fsp3) is 0.333. The van der Waals surface area contributed by atoms with Gasteiger partial charge in [0.15, 0.2) is 0 Å². The molecule has 2 aromatic carbocycles. The Morgan fingerprint density at radius 2 is 1.63 bits per heavy atom. The van der Waals surface area contributed by atoms with Crippen LogP contribution in [0.4, 0.5) is 5.69 Å². The number of amides is 2. The van der Waals surface area contributed by atoms with Crippen LogP contribution in [0.1, 0.15) is 54.8 Å². The molecule has 0 saturated carbocycles. The first kappa shape index (κ1) is 21.0. The van der Waals surface area contributed by atoms with E-state index in [1.54, 1.807) is 42.5 Å². The lowest BCUT2D eigenvalue weighted by atomic mass is 10.1. The number of nitrogens with one attached hydrogen (secondary N) is 2. The molecule has 0 heterocycles. The average Bonchev–Trinajstić information content (AvgIpc) is 2.59. The monoisotopic (exact) mass is 432 g/mol. The van der Waals surface area contributed by atoms with Crippen LogP contribution in [0.2, 0.25) is 0 Å². The van der Waals surface area contributed by atoms with Gasteiger partial charge in [0, 0.05) is 22.4 Å². The molecule has 0 aromatic heterocycles. The molecular formula is C21H25BrN2O3. The van der Waals surface area contributed by atoms with Gasteiger partial charge in [-0.2, -0.15) is 0 Å². The van der Waals surface area contributed by atoms with E-state index >= 15 is 0 Å². The van der Waals surface area contributed by atoms with E-state index in [-0.39, 0.29) is 17.4 Å². The molecule has 6 heteroatoms. The highest BCUT2D eigenvalue weighted by atomic mass is 79.9. The fourth-order valence-corrected chi connectivity index (χ4v) is 2.79. The number of carbonyl (C=O) groups excluding carboxylic acids is 2. The second kappa shape index (κ2) is 9.04. The van der Waals surface area contributed by atoms with Crippen molar-refractivity contribution in [2.75, 3.05) is 11.9 Å². The molecule has 2 rings (SSSR count). The predicted molar refractivity (Wildman–Crippen MR) is 112 cm³/mol. The first-order valence-corrected chi connectivity index (χ1v) is 9.65. The van der Waals surface area contributed by atoms with Gasteiger partial charge in [-0.15, -0.1) is 0 Å². The van der Waals surface area contributed by atoms with Gasteiger partial charge in [-0.1, -0.05) is 6.92 Å². The summed E-state index contributed by atoms with van der Waals surface area (Å²) in [7, 11) is 0. The SMILES string of the molecule is CCCOc1ccc(C(=O)Nc2ccc(C(=O)NC(C)(C)C)cc2)cc1Br. The minimum Gasteiger partial charge on any atom is -0.492 e. The van der Waals surface area contributed by atoms with Gasteiger partial charge in [0.25, 0.3) is 11.8 Å². The normalized spacial score (nSPS) is 11.0. The largest absolute Gasteiger partial charge is 0.492 e. The molecule has 0 unspecified atom stereocenters. The van der Waals surface area contributed by atoms with Crippen molar-refractivity contribution in [3.63, 3.8) is 0 Å². The van der Waals surface area contributed by atoms with E-state index in [0.717, 1.165) is 10.9 Å². The Balaban J connectivity index is 2.03. The Morgan fingerprint density at radius 3 is 2.19 bits per heavy atom. The molecule has 0 saturated heterocycles. The molecule has 0 radical (unpaired) electrons. The summed E-state index contributed by atoms with van der Waals surface area (Å²) < 4.78 is 6.33. The van der Waals surface area contributed by atoms with Gasteiger partial charge in [-0.25, -0.2) is 0 Å². The minimum absolute atomic E-state index is 0.146. The highest BCUT2D eigenvalue weighted by molar-refractivity contribution is 9.10. The van der Waals surface area contributed by atoms with E-state index in [1.165, 1.54) is 0 Å². The number of hydrogen-bond acceptors (Lipinski definition) is 3. The number of ether oxygens (including phenoxy) is 1. The summed E-state index contributed by atoms with van der Waals surface area (Å²) in [6.45, 7) is 8.44. The van der Waals surface area contributed by atoms with Gasteiger partial charge in [0.05, 0.1) is 11.1 Å². The summed E-state index contributed by atoms with van der Waals surface area (Å²) in [4.78, 5) is 24.6. The van der Waals surface area contributed by atoms with Crippen LogP contribution >= 0.6 is 15.9 Å². The van der Waals surface area contributed by atoms with E-state index in [4.69, 9.17) is 4.74 Å². The van der Waals surface area contributed by atoms with Crippen molar-refractivity contribution >= 4 is 33.4 Å². The third-order valence-electron chi connectivity index (χ3n) is 3.55. The first-order chi connectivity index (χ1) is 12.7. The zero-order valence-corrected chi connectivity index (χ0v) is 17.6. The number of anilines is 1. The lowest BCUT2D eigenvalue weighted by Crippen LogP contribution is -2.40. The molecule has 0 aliphatic rings. The maximum Gasteiger partial charge on any atom is 0.255 e. The topological polar surface area (TPSA) is 67.4 Å². The Labute approximate surface area is 168 Å².